The summed E-state index contributed by atoms with van der Waals surface area (Å²) in [6.45, 7) is 2.95. The fourth-order valence-corrected chi connectivity index (χ4v) is 1.37. The summed E-state index contributed by atoms with van der Waals surface area (Å²) < 4.78 is 0. The van der Waals surface area contributed by atoms with Gasteiger partial charge < -0.3 is 5.32 Å². The Morgan fingerprint density at radius 3 is 2.73 bits per heavy atom. The summed E-state index contributed by atoms with van der Waals surface area (Å²) in [6, 6.07) is 0.179. The SMILES string of the molecule is CCC(=O)C1CCCCN1.Cl. The summed E-state index contributed by atoms with van der Waals surface area (Å²) in [5.74, 6) is 0.375. The van der Waals surface area contributed by atoms with E-state index in [1.54, 1.807) is 0 Å². The van der Waals surface area contributed by atoms with Crippen molar-refractivity contribution < 1.29 is 4.79 Å². The Labute approximate surface area is 74.2 Å². The van der Waals surface area contributed by atoms with E-state index in [0.717, 1.165) is 13.0 Å². The van der Waals surface area contributed by atoms with Crippen molar-refractivity contribution in [2.45, 2.75) is 38.6 Å². The second-order valence-electron chi connectivity index (χ2n) is 2.82. The Hall–Kier alpha value is -0.0800. The van der Waals surface area contributed by atoms with Gasteiger partial charge in [0.05, 0.1) is 6.04 Å². The van der Waals surface area contributed by atoms with Crippen LogP contribution < -0.4 is 5.32 Å². The van der Waals surface area contributed by atoms with Crippen LogP contribution in [-0.2, 0) is 4.79 Å². The standard InChI is InChI=1S/C8H15NO.ClH/c1-2-8(10)7-5-3-4-6-9-7;/h7,9H,2-6H2,1H3;1H. The quantitative estimate of drug-likeness (QED) is 0.693. The van der Waals surface area contributed by atoms with Crippen LogP contribution >= 0.6 is 12.4 Å². The molecule has 1 fully saturated rings. The number of hydrogen-bond acceptors (Lipinski definition) is 2. The van der Waals surface area contributed by atoms with E-state index in [2.05, 4.69) is 5.32 Å². The first-order chi connectivity index (χ1) is 4.84. The minimum atomic E-state index is 0. The van der Waals surface area contributed by atoms with Gasteiger partial charge in [0.1, 0.15) is 5.78 Å². The van der Waals surface area contributed by atoms with Gasteiger partial charge in [0.15, 0.2) is 0 Å². The van der Waals surface area contributed by atoms with E-state index in [1.807, 2.05) is 6.92 Å². The van der Waals surface area contributed by atoms with E-state index >= 15 is 0 Å². The third kappa shape index (κ3) is 3.21. The topological polar surface area (TPSA) is 29.1 Å². The number of ketones is 1. The van der Waals surface area contributed by atoms with Crippen molar-refractivity contribution in [2.24, 2.45) is 0 Å². The van der Waals surface area contributed by atoms with E-state index in [1.165, 1.54) is 12.8 Å². The van der Waals surface area contributed by atoms with Crippen LogP contribution in [0.5, 0.6) is 0 Å². The zero-order chi connectivity index (χ0) is 7.40. The number of carbonyl (C=O) groups excluding carboxylic acids is 1. The average molecular weight is 178 g/mol. The van der Waals surface area contributed by atoms with Crippen LogP contribution in [0.1, 0.15) is 32.6 Å². The molecule has 0 saturated carbocycles. The molecule has 0 radical (unpaired) electrons. The minimum Gasteiger partial charge on any atom is -0.307 e. The fourth-order valence-electron chi connectivity index (χ4n) is 1.37. The number of piperidine rings is 1. The smallest absolute Gasteiger partial charge is 0.149 e. The summed E-state index contributed by atoms with van der Waals surface area (Å²) in [5.41, 5.74) is 0. The third-order valence-electron chi connectivity index (χ3n) is 2.05. The highest BCUT2D eigenvalue weighted by molar-refractivity contribution is 5.85. The zero-order valence-corrected chi connectivity index (χ0v) is 7.75. The normalized spacial score (nSPS) is 23.9. The van der Waals surface area contributed by atoms with Crippen molar-refractivity contribution in [2.75, 3.05) is 6.54 Å². The summed E-state index contributed by atoms with van der Waals surface area (Å²) in [5, 5.41) is 3.22. The number of carbonyl (C=O) groups is 1. The summed E-state index contributed by atoms with van der Waals surface area (Å²) in [7, 11) is 0. The van der Waals surface area contributed by atoms with Gasteiger partial charge in [-0.25, -0.2) is 0 Å². The van der Waals surface area contributed by atoms with Crippen LogP contribution in [-0.4, -0.2) is 18.4 Å². The predicted molar refractivity (Wildman–Crippen MR) is 48.2 cm³/mol. The molecular weight excluding hydrogens is 162 g/mol. The van der Waals surface area contributed by atoms with Gasteiger partial charge in [0, 0.05) is 6.42 Å². The third-order valence-corrected chi connectivity index (χ3v) is 2.05. The number of hydrogen-bond donors (Lipinski definition) is 1. The van der Waals surface area contributed by atoms with Gasteiger partial charge in [-0.15, -0.1) is 12.4 Å². The summed E-state index contributed by atoms with van der Waals surface area (Å²) in [4.78, 5) is 11.1. The Morgan fingerprint density at radius 1 is 1.55 bits per heavy atom. The van der Waals surface area contributed by atoms with E-state index < -0.39 is 0 Å². The molecule has 1 N–H and O–H groups in total. The second kappa shape index (κ2) is 5.56. The lowest BCUT2D eigenvalue weighted by Gasteiger charge is -2.21. The lowest BCUT2D eigenvalue weighted by atomic mass is 10.00. The molecule has 0 bridgehead atoms. The fraction of sp³-hybridized carbons (Fsp3) is 0.875. The monoisotopic (exact) mass is 177 g/mol. The molecule has 1 atom stereocenters. The van der Waals surface area contributed by atoms with Gasteiger partial charge in [0.25, 0.3) is 0 Å². The highest BCUT2D eigenvalue weighted by atomic mass is 35.5. The number of nitrogens with one attached hydrogen (secondary N) is 1. The molecule has 1 saturated heterocycles. The van der Waals surface area contributed by atoms with Crippen molar-refractivity contribution in [1.29, 1.82) is 0 Å². The lowest BCUT2D eigenvalue weighted by molar-refractivity contribution is -0.121. The Morgan fingerprint density at radius 2 is 2.27 bits per heavy atom. The van der Waals surface area contributed by atoms with Crippen LogP contribution in [0, 0.1) is 0 Å². The average Bonchev–Trinajstić information content (AvgIpc) is 2.05. The van der Waals surface area contributed by atoms with Gasteiger partial charge in [-0.2, -0.15) is 0 Å². The van der Waals surface area contributed by atoms with Gasteiger partial charge in [0.2, 0.25) is 0 Å². The van der Waals surface area contributed by atoms with Crippen molar-refractivity contribution in [3.8, 4) is 0 Å². The van der Waals surface area contributed by atoms with E-state index in [4.69, 9.17) is 0 Å². The number of Topliss-reactive ketones (excluding diaryl/α,β-unsaturated/α-hetero) is 1. The molecule has 0 aromatic heterocycles. The number of rotatable bonds is 2. The Bertz CT molecular complexity index is 121. The first-order valence-electron chi connectivity index (χ1n) is 4.10. The molecule has 11 heavy (non-hydrogen) atoms. The molecule has 1 unspecified atom stereocenters. The van der Waals surface area contributed by atoms with Crippen LogP contribution in [0.15, 0.2) is 0 Å². The zero-order valence-electron chi connectivity index (χ0n) is 6.93. The molecule has 66 valence electrons. The van der Waals surface area contributed by atoms with E-state index in [0.29, 0.717) is 12.2 Å². The van der Waals surface area contributed by atoms with Crippen molar-refractivity contribution in [1.82, 2.24) is 5.32 Å². The Balaban J connectivity index is 0.000001000. The molecule has 1 heterocycles. The molecule has 1 aliphatic rings. The van der Waals surface area contributed by atoms with Crippen LogP contribution in [0.2, 0.25) is 0 Å². The Kier molecular flexibility index (Phi) is 5.51. The molecule has 0 aromatic carbocycles. The first-order valence-corrected chi connectivity index (χ1v) is 4.10. The van der Waals surface area contributed by atoms with Gasteiger partial charge in [-0.1, -0.05) is 13.3 Å². The second-order valence-corrected chi connectivity index (χ2v) is 2.82. The van der Waals surface area contributed by atoms with Crippen LogP contribution in [0.4, 0.5) is 0 Å². The highest BCUT2D eigenvalue weighted by Crippen LogP contribution is 2.08. The van der Waals surface area contributed by atoms with Crippen molar-refractivity contribution in [3.63, 3.8) is 0 Å². The highest BCUT2D eigenvalue weighted by Gasteiger charge is 2.17. The summed E-state index contributed by atoms with van der Waals surface area (Å²) >= 11 is 0. The maximum Gasteiger partial charge on any atom is 0.149 e. The van der Waals surface area contributed by atoms with E-state index in [-0.39, 0.29) is 18.4 Å². The minimum absolute atomic E-state index is 0. The predicted octanol–water partition coefficient (Wildman–Crippen LogP) is 1.53. The van der Waals surface area contributed by atoms with Gasteiger partial charge in [-0.3, -0.25) is 4.79 Å². The largest absolute Gasteiger partial charge is 0.307 e. The molecular formula is C8H16ClNO. The molecule has 0 aliphatic carbocycles. The molecule has 3 heteroatoms. The van der Waals surface area contributed by atoms with E-state index in [9.17, 15) is 4.79 Å². The molecule has 0 aromatic rings. The van der Waals surface area contributed by atoms with Crippen molar-refractivity contribution >= 4 is 18.2 Å². The van der Waals surface area contributed by atoms with Gasteiger partial charge in [-0.05, 0) is 19.4 Å². The van der Waals surface area contributed by atoms with Crippen LogP contribution in [0.25, 0.3) is 0 Å². The van der Waals surface area contributed by atoms with Crippen LogP contribution in [0.3, 0.4) is 0 Å². The molecule has 0 spiro atoms. The van der Waals surface area contributed by atoms with Gasteiger partial charge >= 0.3 is 0 Å². The maximum atomic E-state index is 11.1. The molecule has 2 nitrogen and oxygen atoms in total. The lowest BCUT2D eigenvalue weighted by Crippen LogP contribution is -2.39. The molecule has 1 rings (SSSR count). The number of halogens is 1. The first kappa shape index (κ1) is 10.9. The molecule has 0 amide bonds. The molecule has 1 aliphatic heterocycles. The maximum absolute atomic E-state index is 11.1. The summed E-state index contributed by atoms with van der Waals surface area (Å²) in [6.07, 6.45) is 4.17. The van der Waals surface area contributed by atoms with Crippen molar-refractivity contribution in [3.05, 3.63) is 0 Å².